The maximum atomic E-state index is 11.2. The zero-order valence-electron chi connectivity index (χ0n) is 10.5. The molecule has 16 heavy (non-hydrogen) atoms. The first-order valence-corrected chi connectivity index (χ1v) is 5.77. The summed E-state index contributed by atoms with van der Waals surface area (Å²) in [6.07, 6.45) is 4.60. The Balaban J connectivity index is 3.98. The van der Waals surface area contributed by atoms with Crippen molar-refractivity contribution < 1.29 is 19.1 Å². The maximum absolute atomic E-state index is 11.2. The van der Waals surface area contributed by atoms with E-state index in [-0.39, 0.29) is 17.9 Å². The molecule has 0 aliphatic rings. The average Bonchev–Trinajstić information content (AvgIpc) is 2.31. The minimum Gasteiger partial charge on any atom is -0.469 e. The van der Waals surface area contributed by atoms with Crippen LogP contribution < -0.4 is 0 Å². The molecule has 0 saturated carbocycles. The summed E-state index contributed by atoms with van der Waals surface area (Å²) in [6, 6.07) is 0. The number of methoxy groups -OCH3 is 2. The van der Waals surface area contributed by atoms with Gasteiger partial charge in [0.15, 0.2) is 0 Å². The van der Waals surface area contributed by atoms with Crippen molar-refractivity contribution in [3.05, 3.63) is 0 Å². The predicted molar refractivity (Wildman–Crippen MR) is 60.9 cm³/mol. The Bertz CT molecular complexity index is 213. The van der Waals surface area contributed by atoms with E-state index in [1.54, 1.807) is 0 Å². The molecule has 0 amide bonds. The number of unbranched alkanes of at least 4 members (excludes halogenated alkanes) is 1. The third-order valence-corrected chi connectivity index (χ3v) is 2.63. The summed E-state index contributed by atoms with van der Waals surface area (Å²) >= 11 is 0. The lowest BCUT2D eigenvalue weighted by Gasteiger charge is -2.14. The van der Waals surface area contributed by atoms with Gasteiger partial charge in [-0.2, -0.15) is 0 Å². The molecule has 4 heteroatoms. The molecule has 0 rings (SSSR count). The van der Waals surface area contributed by atoms with Gasteiger partial charge in [0.2, 0.25) is 0 Å². The Morgan fingerprint density at radius 3 is 2.19 bits per heavy atom. The minimum absolute atomic E-state index is 0.203. The highest BCUT2D eigenvalue weighted by molar-refractivity contribution is 5.70. The summed E-state index contributed by atoms with van der Waals surface area (Å²) in [5, 5.41) is 0. The maximum Gasteiger partial charge on any atom is 0.305 e. The third-order valence-electron chi connectivity index (χ3n) is 2.63. The summed E-state index contributed by atoms with van der Waals surface area (Å²) in [5.74, 6) is -0.191. The van der Waals surface area contributed by atoms with Gasteiger partial charge in [-0.15, -0.1) is 0 Å². The largest absolute Gasteiger partial charge is 0.469 e. The second kappa shape index (κ2) is 9.19. The molecule has 0 aromatic carbocycles. The molecule has 1 atom stereocenters. The van der Waals surface area contributed by atoms with Crippen LogP contribution in [-0.4, -0.2) is 26.2 Å². The van der Waals surface area contributed by atoms with E-state index in [1.165, 1.54) is 14.2 Å². The van der Waals surface area contributed by atoms with Crippen molar-refractivity contribution in [1.82, 2.24) is 0 Å². The molecule has 0 saturated heterocycles. The van der Waals surface area contributed by atoms with Crippen molar-refractivity contribution in [2.24, 2.45) is 5.92 Å². The summed E-state index contributed by atoms with van der Waals surface area (Å²) in [4.78, 5) is 22.2. The Kier molecular flexibility index (Phi) is 8.58. The molecule has 0 spiro atoms. The van der Waals surface area contributed by atoms with E-state index in [4.69, 9.17) is 0 Å². The fraction of sp³-hybridized carbons (Fsp3) is 0.833. The first kappa shape index (κ1) is 14.9. The highest BCUT2D eigenvalue weighted by atomic mass is 16.5. The van der Waals surface area contributed by atoms with Crippen LogP contribution in [0.15, 0.2) is 0 Å². The van der Waals surface area contributed by atoms with Gasteiger partial charge in [0, 0.05) is 12.8 Å². The van der Waals surface area contributed by atoms with E-state index in [0.717, 1.165) is 19.3 Å². The van der Waals surface area contributed by atoms with Crippen LogP contribution in [-0.2, 0) is 19.1 Å². The molecule has 0 fully saturated rings. The number of esters is 2. The Labute approximate surface area is 97.3 Å². The van der Waals surface area contributed by atoms with E-state index in [0.29, 0.717) is 19.3 Å². The van der Waals surface area contributed by atoms with Crippen molar-refractivity contribution in [3.63, 3.8) is 0 Å². The second-order valence-electron chi connectivity index (χ2n) is 3.90. The predicted octanol–water partition coefficient (Wildman–Crippen LogP) is 2.31. The van der Waals surface area contributed by atoms with Gasteiger partial charge in [-0.3, -0.25) is 9.59 Å². The van der Waals surface area contributed by atoms with Gasteiger partial charge in [0.25, 0.3) is 0 Å². The van der Waals surface area contributed by atoms with E-state index in [2.05, 4.69) is 16.4 Å². The second-order valence-corrected chi connectivity index (χ2v) is 3.90. The molecule has 94 valence electrons. The van der Waals surface area contributed by atoms with Gasteiger partial charge in [0.1, 0.15) is 0 Å². The Morgan fingerprint density at radius 1 is 1.06 bits per heavy atom. The number of rotatable bonds is 8. The number of ether oxygens (including phenoxy) is 2. The van der Waals surface area contributed by atoms with Gasteiger partial charge in [-0.25, -0.2) is 0 Å². The summed E-state index contributed by atoms with van der Waals surface area (Å²) in [6.45, 7) is 2.11. The molecule has 0 heterocycles. The van der Waals surface area contributed by atoms with Crippen molar-refractivity contribution in [1.29, 1.82) is 0 Å². The van der Waals surface area contributed by atoms with Gasteiger partial charge < -0.3 is 9.47 Å². The summed E-state index contributed by atoms with van der Waals surface area (Å²) in [7, 11) is 2.77. The molecule has 0 bridgehead atoms. The lowest BCUT2D eigenvalue weighted by atomic mass is 9.93. The first-order valence-electron chi connectivity index (χ1n) is 5.77. The lowest BCUT2D eigenvalue weighted by molar-refractivity contribution is -0.144. The Morgan fingerprint density at radius 2 is 1.69 bits per heavy atom. The molecule has 0 aromatic heterocycles. The Hall–Kier alpha value is -1.06. The summed E-state index contributed by atoms with van der Waals surface area (Å²) < 4.78 is 9.22. The smallest absolute Gasteiger partial charge is 0.305 e. The van der Waals surface area contributed by atoms with Crippen LogP contribution in [0.2, 0.25) is 0 Å². The lowest BCUT2D eigenvalue weighted by Crippen LogP contribution is -2.12. The molecule has 1 unspecified atom stereocenters. The molecule has 0 aromatic rings. The SMILES string of the molecule is CCCCC(CCC(=O)OC)CC(=O)OC. The average molecular weight is 230 g/mol. The zero-order chi connectivity index (χ0) is 12.4. The number of hydrogen-bond acceptors (Lipinski definition) is 4. The molecular weight excluding hydrogens is 208 g/mol. The molecule has 0 aliphatic carbocycles. The van der Waals surface area contributed by atoms with E-state index in [9.17, 15) is 9.59 Å². The van der Waals surface area contributed by atoms with Gasteiger partial charge in [-0.05, 0) is 18.8 Å². The molecule has 0 aliphatic heterocycles. The van der Waals surface area contributed by atoms with Crippen molar-refractivity contribution in [2.45, 2.75) is 45.4 Å². The first-order chi connectivity index (χ1) is 7.63. The summed E-state index contributed by atoms with van der Waals surface area (Å²) in [5.41, 5.74) is 0. The highest BCUT2D eigenvalue weighted by Gasteiger charge is 2.15. The van der Waals surface area contributed by atoms with E-state index in [1.807, 2.05) is 0 Å². The van der Waals surface area contributed by atoms with E-state index < -0.39 is 0 Å². The van der Waals surface area contributed by atoms with Crippen molar-refractivity contribution in [2.75, 3.05) is 14.2 Å². The number of hydrogen-bond donors (Lipinski definition) is 0. The van der Waals surface area contributed by atoms with Gasteiger partial charge in [-0.1, -0.05) is 19.8 Å². The van der Waals surface area contributed by atoms with Crippen molar-refractivity contribution in [3.8, 4) is 0 Å². The molecule has 0 radical (unpaired) electrons. The zero-order valence-corrected chi connectivity index (χ0v) is 10.5. The number of carbonyl (C=O) groups excluding carboxylic acids is 2. The normalized spacial score (nSPS) is 11.9. The third kappa shape index (κ3) is 7.26. The minimum atomic E-state index is -0.216. The van der Waals surface area contributed by atoms with Crippen LogP contribution >= 0.6 is 0 Å². The van der Waals surface area contributed by atoms with Crippen LogP contribution in [0.1, 0.15) is 45.4 Å². The van der Waals surface area contributed by atoms with Crippen LogP contribution in [0.5, 0.6) is 0 Å². The fourth-order valence-electron chi connectivity index (χ4n) is 1.58. The highest BCUT2D eigenvalue weighted by Crippen LogP contribution is 2.19. The van der Waals surface area contributed by atoms with Crippen LogP contribution in [0.4, 0.5) is 0 Å². The van der Waals surface area contributed by atoms with E-state index >= 15 is 0 Å². The van der Waals surface area contributed by atoms with Crippen LogP contribution in [0.3, 0.4) is 0 Å². The number of carbonyl (C=O) groups is 2. The molecule has 4 nitrogen and oxygen atoms in total. The monoisotopic (exact) mass is 230 g/mol. The van der Waals surface area contributed by atoms with Gasteiger partial charge in [0.05, 0.1) is 14.2 Å². The van der Waals surface area contributed by atoms with Gasteiger partial charge >= 0.3 is 11.9 Å². The van der Waals surface area contributed by atoms with Crippen LogP contribution in [0, 0.1) is 5.92 Å². The van der Waals surface area contributed by atoms with Crippen LogP contribution in [0.25, 0.3) is 0 Å². The topological polar surface area (TPSA) is 52.6 Å². The quantitative estimate of drug-likeness (QED) is 0.600. The molecule has 0 N–H and O–H groups in total. The fourth-order valence-corrected chi connectivity index (χ4v) is 1.58. The molecular formula is C12H22O4. The van der Waals surface area contributed by atoms with Crippen molar-refractivity contribution >= 4 is 11.9 Å². The standard InChI is InChI=1S/C12H22O4/c1-4-5-6-10(9-12(14)16-3)7-8-11(13)15-2/h10H,4-9H2,1-3H3.